The highest BCUT2D eigenvalue weighted by Gasteiger charge is 1.98. The van der Waals surface area contributed by atoms with Crippen molar-refractivity contribution in [2.75, 3.05) is 0 Å². The maximum atomic E-state index is 8.28. The van der Waals surface area contributed by atoms with E-state index >= 15 is 0 Å². The summed E-state index contributed by atoms with van der Waals surface area (Å²) in [7, 11) is 19.4. The minimum absolute atomic E-state index is 0.976. The predicted molar refractivity (Wildman–Crippen MR) is 73.5 cm³/mol. The van der Waals surface area contributed by atoms with Crippen molar-refractivity contribution in [1.29, 1.82) is 0 Å². The molecule has 0 fully saturated rings. The molecule has 0 aromatic carbocycles. The summed E-state index contributed by atoms with van der Waals surface area (Å²) in [6.45, 7) is 0. The van der Waals surface area contributed by atoms with Crippen molar-refractivity contribution in [3.05, 3.63) is 0 Å². The smallest absolute Gasteiger partial charge is 0.225 e. The third kappa shape index (κ3) is 12.7. The van der Waals surface area contributed by atoms with Crippen LogP contribution in [0.2, 0.25) is 0 Å². The lowest BCUT2D eigenvalue weighted by Gasteiger charge is -1.95. The van der Waals surface area contributed by atoms with Crippen LogP contribution in [0.1, 0.15) is 0 Å². The van der Waals surface area contributed by atoms with Gasteiger partial charge in [0, 0.05) is 56.5 Å². The minimum atomic E-state index is 0.976. The Morgan fingerprint density at radius 2 is 0.571 bits per heavy atom. The van der Waals surface area contributed by atoms with E-state index in [0.717, 1.165) is 14.7 Å². The molecule has 0 aliphatic rings. The lowest BCUT2D eigenvalue weighted by molar-refractivity contribution is 0.620. The van der Waals surface area contributed by atoms with E-state index in [4.69, 9.17) is 10.0 Å². The molecule has 0 aliphatic heterocycles. The molecule has 0 saturated heterocycles. The standard InChI is InChI=1S/B12H2O2/c13-11-9-7-5-3-1-2-4-6-8-10-12-14/h13-14H. The molecular weight excluding hydrogens is 162 g/mol. The summed E-state index contributed by atoms with van der Waals surface area (Å²) in [5.74, 6) is 0. The fourth-order valence-electron chi connectivity index (χ4n) is 0.613. The zero-order valence-corrected chi connectivity index (χ0v) is 7.82. The Hall–Kier alpha value is 0.699. The van der Waals surface area contributed by atoms with Gasteiger partial charge in [0.15, 0.2) is 0 Å². The third-order valence-corrected chi connectivity index (χ3v) is 1.17. The molecule has 2 nitrogen and oxygen atoms in total. The van der Waals surface area contributed by atoms with Crippen LogP contribution in [-0.2, 0) is 0 Å². The molecule has 50 valence electrons. The molecule has 14 heteroatoms. The van der Waals surface area contributed by atoms with Gasteiger partial charge in [-0.05, 0) is 0 Å². The highest BCUT2D eigenvalue weighted by atomic mass is 16.2. The van der Waals surface area contributed by atoms with Crippen LogP contribution in [0.15, 0.2) is 0 Å². The van der Waals surface area contributed by atoms with Crippen molar-refractivity contribution in [2.24, 2.45) is 0 Å². The highest BCUT2D eigenvalue weighted by Crippen LogP contribution is 1.59. The van der Waals surface area contributed by atoms with Crippen LogP contribution < -0.4 is 0 Å². The lowest BCUT2D eigenvalue weighted by atomic mass is 8.87. The first kappa shape index (κ1) is 14.7. The van der Waals surface area contributed by atoms with Gasteiger partial charge < -0.3 is 10.0 Å². The molecule has 0 atom stereocenters. The lowest BCUT2D eigenvalue weighted by Crippen LogP contribution is -2.34. The van der Waals surface area contributed by atoms with E-state index < -0.39 is 0 Å². The van der Waals surface area contributed by atoms with Crippen LogP contribution in [0.3, 0.4) is 0 Å². The maximum Gasteiger partial charge on any atom is 0.225 e. The van der Waals surface area contributed by atoms with Gasteiger partial charge in [-0.1, -0.05) is 0 Å². The molecule has 0 amide bonds. The van der Waals surface area contributed by atoms with E-state index in [2.05, 4.69) is 0 Å². The van der Waals surface area contributed by atoms with E-state index in [-0.39, 0.29) is 0 Å². The van der Waals surface area contributed by atoms with Gasteiger partial charge in [0.1, 0.15) is 0 Å². The van der Waals surface area contributed by atoms with E-state index in [9.17, 15) is 0 Å². The number of rotatable bonds is 11. The number of hydrogen-bond acceptors (Lipinski definition) is 2. The summed E-state index contributed by atoms with van der Waals surface area (Å²) in [5, 5.41) is 16.6. The van der Waals surface area contributed by atoms with Crippen LogP contribution in [0, 0.1) is 0 Å². The van der Waals surface area contributed by atoms with Gasteiger partial charge in [0.25, 0.3) is 0 Å². The first-order valence-electron chi connectivity index (χ1n) is 4.18. The maximum absolute atomic E-state index is 8.28. The molecule has 0 spiro atoms. The average Bonchev–Trinajstić information content (AvgIpc) is 2.21. The van der Waals surface area contributed by atoms with Crippen LogP contribution in [0.25, 0.3) is 0 Å². The van der Waals surface area contributed by atoms with Crippen molar-refractivity contribution in [3.63, 3.8) is 0 Å². The molecule has 14 heavy (non-hydrogen) atoms. The fourth-order valence-corrected chi connectivity index (χ4v) is 0.613. The van der Waals surface area contributed by atoms with Gasteiger partial charge in [-0.25, -0.2) is 0 Å². The molecular formula is H2B12O2. The Balaban J connectivity index is 2.78. The first-order chi connectivity index (χ1) is 6.91. The zero-order valence-electron chi connectivity index (χ0n) is 7.82. The van der Waals surface area contributed by atoms with Gasteiger partial charge in [-0.15, -0.1) is 0 Å². The van der Waals surface area contributed by atoms with Gasteiger partial charge in [-0.2, -0.15) is 0 Å². The monoisotopic (exact) mass is 166 g/mol. The average molecular weight is 164 g/mol. The largest absolute Gasteiger partial charge is 0.466 e. The summed E-state index contributed by atoms with van der Waals surface area (Å²) in [5.41, 5.74) is 0. The van der Waals surface area contributed by atoms with Gasteiger partial charge in [0.05, 0.1) is 14.1 Å². The van der Waals surface area contributed by atoms with Crippen LogP contribution in [-0.4, -0.2) is 95.4 Å². The quantitative estimate of drug-likeness (QED) is 0.236. The van der Waals surface area contributed by atoms with E-state index in [1.807, 2.05) is 28.2 Å². The summed E-state index contributed by atoms with van der Waals surface area (Å²) in [6, 6.07) is 0. The molecule has 0 rings (SSSR count). The van der Waals surface area contributed by atoms with E-state index in [0.29, 0.717) is 0 Å². The van der Waals surface area contributed by atoms with Gasteiger partial charge in [0.2, 0.25) is 14.7 Å². The summed E-state index contributed by atoms with van der Waals surface area (Å²) in [6.07, 6.45) is 0. The van der Waals surface area contributed by atoms with Crippen LogP contribution in [0.4, 0.5) is 0 Å². The van der Waals surface area contributed by atoms with Gasteiger partial charge in [-0.3, -0.25) is 0 Å². The normalized spacial score (nSPS) is 7.29. The number of hydrogen-bond donors (Lipinski definition) is 2. The second-order valence-corrected chi connectivity index (χ2v) is 2.22. The third-order valence-electron chi connectivity index (χ3n) is 1.17. The molecule has 0 heterocycles. The molecule has 0 bridgehead atoms. The second-order valence-electron chi connectivity index (χ2n) is 2.22. The molecule has 12 radical (unpaired) electrons. The second kappa shape index (κ2) is 13.7. The Kier molecular flexibility index (Phi) is 14.4. The zero-order chi connectivity index (χ0) is 10.5. The topological polar surface area (TPSA) is 40.5 Å². The van der Waals surface area contributed by atoms with Crippen LogP contribution in [0.5, 0.6) is 0 Å². The molecule has 2 N–H and O–H groups in total. The molecule has 0 aromatic heterocycles. The van der Waals surface area contributed by atoms with Crippen molar-refractivity contribution < 1.29 is 10.0 Å². The Labute approximate surface area is 95.7 Å². The van der Waals surface area contributed by atoms with Crippen molar-refractivity contribution in [2.45, 2.75) is 0 Å². The van der Waals surface area contributed by atoms with Crippen LogP contribution >= 0.6 is 0 Å². The fraction of sp³-hybridized carbons (Fsp3) is 0. The van der Waals surface area contributed by atoms with Crippen molar-refractivity contribution in [3.8, 4) is 0 Å². The molecule has 0 saturated carbocycles. The van der Waals surface area contributed by atoms with E-state index in [1.165, 1.54) is 14.1 Å². The summed E-state index contributed by atoms with van der Waals surface area (Å²) < 4.78 is 0. The Morgan fingerprint density at radius 3 is 0.786 bits per heavy atom. The highest BCUT2D eigenvalue weighted by molar-refractivity contribution is 7.71. The first-order valence-corrected chi connectivity index (χ1v) is 4.18. The Morgan fingerprint density at radius 1 is 0.357 bits per heavy atom. The van der Waals surface area contributed by atoms with Crippen molar-refractivity contribution in [1.82, 2.24) is 0 Å². The SMILES string of the molecule is O[B][B][B][B][B][B][B][B][B][B][B][B]O. The van der Waals surface area contributed by atoms with E-state index in [1.54, 1.807) is 28.2 Å². The summed E-state index contributed by atoms with van der Waals surface area (Å²) in [4.78, 5) is 0. The predicted octanol–water partition coefficient (Wildman–Crippen LogP) is -5.68. The van der Waals surface area contributed by atoms with Gasteiger partial charge >= 0.3 is 0 Å². The van der Waals surface area contributed by atoms with Crippen molar-refractivity contribution >= 4 is 85.4 Å². The molecule has 0 unspecified atom stereocenters. The minimum Gasteiger partial charge on any atom is -0.466 e. The Bertz CT molecular complexity index is 82.3. The molecule has 0 aliphatic carbocycles. The molecule has 0 aromatic rings. The summed E-state index contributed by atoms with van der Waals surface area (Å²) >= 11 is 0.